The van der Waals surface area contributed by atoms with Gasteiger partial charge in [-0.25, -0.2) is 0 Å². The molecule has 1 aromatic rings. The molecule has 6 nitrogen and oxygen atoms in total. The molecule has 0 spiro atoms. The topological polar surface area (TPSA) is 82.8 Å². The van der Waals surface area contributed by atoms with Crippen molar-refractivity contribution in [3.05, 3.63) is 17.2 Å². The maximum absolute atomic E-state index is 11.8. The summed E-state index contributed by atoms with van der Waals surface area (Å²) in [5.74, 6) is 0.757. The standard InChI is InChI=1S/C12H15ClN2O4/c1-17-11(6-14)12(16)15-8-5-10-9(4-7(8)13)18-2-3-19-10/h4-5,11H,2-3,6,14H2,1H3,(H,15,16). The number of hydrogen-bond donors (Lipinski definition) is 2. The molecule has 1 aliphatic rings. The molecule has 7 heteroatoms. The number of fused-ring (bicyclic) bond motifs is 1. The van der Waals surface area contributed by atoms with Gasteiger partial charge in [0.05, 0.1) is 10.7 Å². The monoisotopic (exact) mass is 286 g/mol. The number of nitrogens with one attached hydrogen (secondary N) is 1. The maximum atomic E-state index is 11.8. The van der Waals surface area contributed by atoms with Crippen LogP contribution in [0.4, 0.5) is 5.69 Å². The number of rotatable bonds is 4. The zero-order chi connectivity index (χ0) is 13.8. The number of ether oxygens (including phenoxy) is 3. The molecule has 0 aliphatic carbocycles. The number of benzene rings is 1. The van der Waals surface area contributed by atoms with Crippen LogP contribution in [0.2, 0.25) is 5.02 Å². The van der Waals surface area contributed by atoms with Crippen molar-refractivity contribution in [2.45, 2.75) is 6.10 Å². The highest BCUT2D eigenvalue weighted by Crippen LogP contribution is 2.37. The molecule has 0 saturated heterocycles. The van der Waals surface area contributed by atoms with E-state index in [9.17, 15) is 4.79 Å². The lowest BCUT2D eigenvalue weighted by atomic mass is 10.2. The zero-order valence-corrected chi connectivity index (χ0v) is 11.2. The van der Waals surface area contributed by atoms with Crippen LogP contribution in [-0.4, -0.2) is 38.9 Å². The van der Waals surface area contributed by atoms with Gasteiger partial charge in [-0.2, -0.15) is 0 Å². The third kappa shape index (κ3) is 3.09. The SMILES string of the molecule is COC(CN)C(=O)Nc1cc2c(cc1Cl)OCCO2. The number of halogens is 1. The van der Waals surface area contributed by atoms with Crippen LogP contribution in [0, 0.1) is 0 Å². The normalized spacial score (nSPS) is 14.9. The Morgan fingerprint density at radius 2 is 2.11 bits per heavy atom. The van der Waals surface area contributed by atoms with Crippen molar-refractivity contribution in [2.75, 3.05) is 32.2 Å². The van der Waals surface area contributed by atoms with E-state index in [0.717, 1.165) is 0 Å². The number of nitrogens with two attached hydrogens (primary N) is 1. The number of anilines is 1. The second-order valence-electron chi connectivity index (χ2n) is 3.93. The first-order valence-corrected chi connectivity index (χ1v) is 6.16. The first kappa shape index (κ1) is 13.9. The summed E-state index contributed by atoms with van der Waals surface area (Å²) >= 11 is 6.07. The lowest BCUT2D eigenvalue weighted by Crippen LogP contribution is -2.36. The highest BCUT2D eigenvalue weighted by Gasteiger charge is 2.20. The molecule has 104 valence electrons. The lowest BCUT2D eigenvalue weighted by molar-refractivity contribution is -0.125. The van der Waals surface area contributed by atoms with Gasteiger partial charge in [0.25, 0.3) is 5.91 Å². The molecule has 1 aromatic carbocycles. The molecule has 19 heavy (non-hydrogen) atoms. The molecule has 0 aromatic heterocycles. The van der Waals surface area contributed by atoms with Crippen LogP contribution in [0.25, 0.3) is 0 Å². The Morgan fingerprint density at radius 3 is 2.68 bits per heavy atom. The van der Waals surface area contributed by atoms with Crippen LogP contribution in [0.1, 0.15) is 0 Å². The van der Waals surface area contributed by atoms with Crippen molar-refractivity contribution in [3.8, 4) is 11.5 Å². The minimum Gasteiger partial charge on any atom is -0.486 e. The average Bonchev–Trinajstić information content (AvgIpc) is 2.41. The van der Waals surface area contributed by atoms with Gasteiger partial charge in [-0.15, -0.1) is 0 Å². The van der Waals surface area contributed by atoms with Crippen molar-refractivity contribution < 1.29 is 19.0 Å². The zero-order valence-electron chi connectivity index (χ0n) is 10.4. The van der Waals surface area contributed by atoms with E-state index in [1.54, 1.807) is 12.1 Å². The van der Waals surface area contributed by atoms with Gasteiger partial charge in [0.15, 0.2) is 11.5 Å². The molecule has 1 aliphatic heterocycles. The second-order valence-corrected chi connectivity index (χ2v) is 4.33. The predicted molar refractivity (Wildman–Crippen MR) is 70.9 cm³/mol. The molecule has 0 fully saturated rings. The molecule has 1 atom stereocenters. The summed E-state index contributed by atoms with van der Waals surface area (Å²) in [6, 6.07) is 3.23. The van der Waals surface area contributed by atoms with Crippen LogP contribution in [0.15, 0.2) is 12.1 Å². The predicted octanol–water partition coefficient (Wildman–Crippen LogP) is 1.02. The Kier molecular flexibility index (Phi) is 4.47. The van der Waals surface area contributed by atoms with Gasteiger partial charge in [-0.1, -0.05) is 11.6 Å². The first-order chi connectivity index (χ1) is 9.15. The summed E-state index contributed by atoms with van der Waals surface area (Å²) in [4.78, 5) is 11.8. The summed E-state index contributed by atoms with van der Waals surface area (Å²) in [5.41, 5.74) is 5.86. The first-order valence-electron chi connectivity index (χ1n) is 5.78. The fraction of sp³-hybridized carbons (Fsp3) is 0.417. The average molecular weight is 287 g/mol. The molecular formula is C12H15ClN2O4. The van der Waals surface area contributed by atoms with E-state index in [-0.39, 0.29) is 12.5 Å². The summed E-state index contributed by atoms with van der Waals surface area (Å²) in [6.07, 6.45) is -0.718. The van der Waals surface area contributed by atoms with Gasteiger partial charge in [-0.05, 0) is 0 Å². The van der Waals surface area contributed by atoms with E-state index in [1.165, 1.54) is 7.11 Å². The number of methoxy groups -OCH3 is 1. The van der Waals surface area contributed by atoms with Gasteiger partial charge in [-0.3, -0.25) is 4.79 Å². The highest BCUT2D eigenvalue weighted by atomic mass is 35.5. The molecule has 0 saturated carbocycles. The number of hydrogen-bond acceptors (Lipinski definition) is 5. The van der Waals surface area contributed by atoms with Crippen molar-refractivity contribution in [2.24, 2.45) is 5.73 Å². The number of carbonyl (C=O) groups excluding carboxylic acids is 1. The van der Waals surface area contributed by atoms with Crippen LogP contribution >= 0.6 is 11.6 Å². The quantitative estimate of drug-likeness (QED) is 0.863. The van der Waals surface area contributed by atoms with E-state index in [0.29, 0.717) is 35.4 Å². The fourth-order valence-corrected chi connectivity index (χ4v) is 1.88. The Labute approximate surface area is 115 Å². The molecule has 1 amide bonds. The van der Waals surface area contributed by atoms with E-state index in [1.807, 2.05) is 0 Å². The molecule has 1 heterocycles. The van der Waals surface area contributed by atoms with E-state index < -0.39 is 6.10 Å². The highest BCUT2D eigenvalue weighted by molar-refractivity contribution is 6.34. The fourth-order valence-electron chi connectivity index (χ4n) is 1.68. The third-order valence-corrected chi connectivity index (χ3v) is 2.99. The van der Waals surface area contributed by atoms with Crippen LogP contribution < -0.4 is 20.5 Å². The largest absolute Gasteiger partial charge is 0.486 e. The van der Waals surface area contributed by atoms with E-state index in [2.05, 4.69) is 5.32 Å². The smallest absolute Gasteiger partial charge is 0.254 e. The van der Waals surface area contributed by atoms with Crippen LogP contribution in [0.3, 0.4) is 0 Å². The lowest BCUT2D eigenvalue weighted by Gasteiger charge is -2.20. The van der Waals surface area contributed by atoms with Gasteiger partial charge >= 0.3 is 0 Å². The van der Waals surface area contributed by atoms with Crippen molar-refractivity contribution in [3.63, 3.8) is 0 Å². The summed E-state index contributed by atoms with van der Waals surface area (Å²) in [5, 5.41) is 3.02. The second kappa shape index (κ2) is 6.10. The molecule has 1 unspecified atom stereocenters. The van der Waals surface area contributed by atoms with Crippen molar-refractivity contribution in [1.82, 2.24) is 0 Å². The Bertz CT molecular complexity index is 477. The minimum atomic E-state index is -0.718. The molecular weight excluding hydrogens is 272 g/mol. The molecule has 0 bridgehead atoms. The molecule has 0 radical (unpaired) electrons. The Hall–Kier alpha value is -1.50. The Balaban J connectivity index is 2.18. The van der Waals surface area contributed by atoms with Gasteiger partial charge in [0.1, 0.15) is 19.3 Å². The Morgan fingerprint density at radius 1 is 1.47 bits per heavy atom. The van der Waals surface area contributed by atoms with Gasteiger partial charge < -0.3 is 25.3 Å². The number of carbonyl (C=O) groups is 1. The van der Waals surface area contributed by atoms with E-state index in [4.69, 9.17) is 31.5 Å². The molecule has 2 rings (SSSR count). The summed E-state index contributed by atoms with van der Waals surface area (Å²) < 4.78 is 15.8. The minimum absolute atomic E-state index is 0.0878. The van der Waals surface area contributed by atoms with Gasteiger partial charge in [0, 0.05) is 25.8 Å². The van der Waals surface area contributed by atoms with Crippen LogP contribution in [0.5, 0.6) is 11.5 Å². The third-order valence-electron chi connectivity index (χ3n) is 2.68. The summed E-state index contributed by atoms with van der Waals surface area (Å²) in [6.45, 7) is 1.03. The van der Waals surface area contributed by atoms with Crippen molar-refractivity contribution in [1.29, 1.82) is 0 Å². The number of amides is 1. The van der Waals surface area contributed by atoms with Crippen LogP contribution in [-0.2, 0) is 9.53 Å². The summed E-state index contributed by atoms with van der Waals surface area (Å²) in [7, 11) is 1.42. The van der Waals surface area contributed by atoms with Crippen molar-refractivity contribution >= 4 is 23.2 Å². The van der Waals surface area contributed by atoms with Gasteiger partial charge in [0.2, 0.25) is 0 Å². The molecule has 3 N–H and O–H groups in total. The maximum Gasteiger partial charge on any atom is 0.254 e. The van der Waals surface area contributed by atoms with E-state index >= 15 is 0 Å².